The number of carbonyl (C=O) groups excluding carboxylic acids is 2. The van der Waals surface area contributed by atoms with Crippen LogP contribution in [-0.2, 0) is 20.9 Å². The Balaban J connectivity index is 0.00000165. The van der Waals surface area contributed by atoms with E-state index in [-0.39, 0.29) is 46.1 Å². The van der Waals surface area contributed by atoms with Crippen LogP contribution in [0.4, 0.5) is 0 Å². The first-order chi connectivity index (χ1) is 19.4. The Morgan fingerprint density at radius 2 is 1.59 bits per heavy atom. The van der Waals surface area contributed by atoms with E-state index in [1.54, 1.807) is 0 Å². The predicted octanol–water partition coefficient (Wildman–Crippen LogP) is 6.90. The molecular formula is C36H52O5. The molecule has 0 amide bonds. The van der Waals surface area contributed by atoms with E-state index < -0.39 is 5.41 Å². The third-order valence-corrected chi connectivity index (χ3v) is 13.0. The van der Waals surface area contributed by atoms with Crippen molar-refractivity contribution < 1.29 is 24.5 Å². The van der Waals surface area contributed by atoms with Gasteiger partial charge in [-0.3, -0.25) is 9.59 Å². The van der Waals surface area contributed by atoms with Crippen LogP contribution in [0.2, 0.25) is 0 Å². The lowest BCUT2D eigenvalue weighted by Gasteiger charge is -2.65. The molecule has 0 aliphatic heterocycles. The summed E-state index contributed by atoms with van der Waals surface area (Å²) in [6.45, 7) is 11.8. The van der Waals surface area contributed by atoms with Crippen molar-refractivity contribution in [2.24, 2.45) is 51.2 Å². The SMILES string of the molecule is CC1C(O)CCC2(C)C1CCC1(C)C3CCC4(C)CC[C@](C)(C(=O)OCc5ccccc5)CC4C3=CC(=O)C12.CO. The van der Waals surface area contributed by atoms with Gasteiger partial charge in [-0.05, 0) is 116 Å². The summed E-state index contributed by atoms with van der Waals surface area (Å²) in [7, 11) is 1.00. The molecular weight excluding hydrogens is 512 g/mol. The van der Waals surface area contributed by atoms with Gasteiger partial charge in [0.2, 0.25) is 0 Å². The number of ether oxygens (including phenoxy) is 1. The topological polar surface area (TPSA) is 83.8 Å². The second-order valence-electron chi connectivity index (χ2n) is 15.2. The van der Waals surface area contributed by atoms with Crippen LogP contribution in [-0.4, -0.2) is 35.2 Å². The van der Waals surface area contributed by atoms with Crippen molar-refractivity contribution in [3.63, 3.8) is 0 Å². The maximum Gasteiger partial charge on any atom is 0.312 e. The summed E-state index contributed by atoms with van der Waals surface area (Å²) in [5.41, 5.74) is 1.88. The highest BCUT2D eigenvalue weighted by atomic mass is 16.5. The van der Waals surface area contributed by atoms with Crippen LogP contribution in [0.15, 0.2) is 42.0 Å². The third-order valence-electron chi connectivity index (χ3n) is 13.0. The Hall–Kier alpha value is -1.98. The van der Waals surface area contributed by atoms with Crippen LogP contribution in [0.5, 0.6) is 0 Å². The minimum atomic E-state index is -0.527. The highest BCUT2D eigenvalue weighted by Crippen LogP contribution is 2.70. The third kappa shape index (κ3) is 4.83. The van der Waals surface area contributed by atoms with Crippen LogP contribution in [0.1, 0.15) is 98.0 Å². The average molecular weight is 565 g/mol. The van der Waals surface area contributed by atoms with E-state index in [1.165, 1.54) is 12.0 Å². The number of hydrogen-bond acceptors (Lipinski definition) is 5. The molecule has 5 nitrogen and oxygen atoms in total. The molecule has 5 aliphatic carbocycles. The fraction of sp³-hybridized carbons (Fsp3) is 0.722. The summed E-state index contributed by atoms with van der Waals surface area (Å²) in [5, 5.41) is 17.7. The number of fused-ring (bicyclic) bond motifs is 7. The summed E-state index contributed by atoms with van der Waals surface area (Å²) >= 11 is 0. The number of aliphatic hydroxyl groups is 2. The average Bonchev–Trinajstić information content (AvgIpc) is 2.96. The number of rotatable bonds is 3. The van der Waals surface area contributed by atoms with Gasteiger partial charge >= 0.3 is 5.97 Å². The molecule has 0 radical (unpaired) electrons. The summed E-state index contributed by atoms with van der Waals surface area (Å²) < 4.78 is 5.89. The molecule has 4 fully saturated rings. The number of aliphatic hydroxyl groups excluding tert-OH is 2. The fourth-order valence-corrected chi connectivity index (χ4v) is 10.6. The molecule has 6 rings (SSSR count). The van der Waals surface area contributed by atoms with E-state index in [4.69, 9.17) is 9.84 Å². The Labute approximate surface area is 247 Å². The summed E-state index contributed by atoms with van der Waals surface area (Å²) in [6.07, 6.45) is 10.7. The Bertz CT molecular complexity index is 1180. The van der Waals surface area contributed by atoms with Crippen molar-refractivity contribution in [1.82, 2.24) is 0 Å². The van der Waals surface area contributed by atoms with Crippen LogP contribution in [0, 0.1) is 51.2 Å². The van der Waals surface area contributed by atoms with E-state index in [2.05, 4.69) is 40.7 Å². The van der Waals surface area contributed by atoms with E-state index in [0.29, 0.717) is 24.2 Å². The van der Waals surface area contributed by atoms with E-state index in [0.717, 1.165) is 64.0 Å². The number of benzene rings is 1. The van der Waals surface area contributed by atoms with Gasteiger partial charge in [-0.2, -0.15) is 0 Å². The molecule has 41 heavy (non-hydrogen) atoms. The molecule has 5 heteroatoms. The van der Waals surface area contributed by atoms with Gasteiger partial charge in [0.25, 0.3) is 0 Å². The summed E-state index contributed by atoms with van der Waals surface area (Å²) in [4.78, 5) is 27.8. The lowest BCUT2D eigenvalue weighted by Crippen LogP contribution is -2.62. The molecule has 1 aromatic rings. The highest BCUT2D eigenvalue weighted by molar-refractivity contribution is 5.95. The fourth-order valence-electron chi connectivity index (χ4n) is 10.6. The molecule has 0 spiro atoms. The van der Waals surface area contributed by atoms with Crippen molar-refractivity contribution in [2.75, 3.05) is 7.11 Å². The smallest absolute Gasteiger partial charge is 0.312 e. The van der Waals surface area contributed by atoms with Gasteiger partial charge in [0.05, 0.1) is 11.5 Å². The molecule has 2 N–H and O–H groups in total. The normalized spacial score (nSPS) is 45.0. The zero-order valence-corrected chi connectivity index (χ0v) is 26.1. The van der Waals surface area contributed by atoms with Crippen LogP contribution < -0.4 is 0 Å². The first-order valence-corrected chi connectivity index (χ1v) is 16.0. The van der Waals surface area contributed by atoms with Crippen LogP contribution >= 0.6 is 0 Å². The van der Waals surface area contributed by atoms with Crippen molar-refractivity contribution >= 4 is 11.8 Å². The second kappa shape index (κ2) is 10.9. The molecule has 0 aromatic heterocycles. The molecule has 1 aromatic carbocycles. The van der Waals surface area contributed by atoms with Gasteiger partial charge in [0.15, 0.2) is 5.78 Å². The minimum absolute atomic E-state index is 0.0302. The first-order valence-electron chi connectivity index (χ1n) is 16.0. The number of esters is 1. The van der Waals surface area contributed by atoms with Gasteiger partial charge in [0, 0.05) is 13.0 Å². The maximum absolute atomic E-state index is 14.2. The second-order valence-corrected chi connectivity index (χ2v) is 15.2. The van der Waals surface area contributed by atoms with Gasteiger partial charge in [-0.15, -0.1) is 0 Å². The first kappa shape index (κ1) is 30.5. The van der Waals surface area contributed by atoms with Gasteiger partial charge < -0.3 is 14.9 Å². The van der Waals surface area contributed by atoms with Crippen molar-refractivity contribution in [3.05, 3.63) is 47.5 Å². The summed E-state index contributed by atoms with van der Waals surface area (Å²) in [6, 6.07) is 9.92. The molecule has 0 saturated heterocycles. The number of carbonyl (C=O) groups is 2. The zero-order valence-electron chi connectivity index (χ0n) is 26.1. The number of allylic oxidation sites excluding steroid dienone is 2. The molecule has 0 bridgehead atoms. The Morgan fingerprint density at radius 1 is 0.902 bits per heavy atom. The highest BCUT2D eigenvalue weighted by Gasteiger charge is 2.65. The molecule has 226 valence electrons. The maximum atomic E-state index is 14.2. The molecule has 9 unspecified atom stereocenters. The minimum Gasteiger partial charge on any atom is -0.460 e. The van der Waals surface area contributed by atoms with Gasteiger partial charge in [-0.25, -0.2) is 0 Å². The van der Waals surface area contributed by atoms with Crippen LogP contribution in [0.25, 0.3) is 0 Å². The quantitative estimate of drug-likeness (QED) is 0.390. The predicted molar refractivity (Wildman–Crippen MR) is 161 cm³/mol. The number of ketones is 1. The van der Waals surface area contributed by atoms with E-state index >= 15 is 0 Å². The number of hydrogen-bond donors (Lipinski definition) is 2. The standard InChI is InChI=1S/C35H48O4.CH4O/c1-22-25-12-15-35(5)26-11-14-32(2)17-18-33(3,31(38)39-21-23-9-7-6-8-10-23)20-27(32)24(26)19-29(37)30(35)34(25,4)16-13-28(22)36;1-2/h6-10,19,22,25-28,30,36H,11-18,20-21H2,1-5H3;2H,1H3/t22?,25?,26?,27?,28?,30?,32?,33-,34?,35?;/m0./s1. The van der Waals surface area contributed by atoms with Crippen molar-refractivity contribution in [2.45, 2.75) is 105 Å². The molecule has 0 heterocycles. The molecule has 5 aliphatic rings. The van der Waals surface area contributed by atoms with Crippen molar-refractivity contribution in [3.8, 4) is 0 Å². The zero-order chi connectivity index (χ0) is 29.8. The van der Waals surface area contributed by atoms with E-state index in [1.807, 2.05) is 30.3 Å². The lowest BCUT2D eigenvalue weighted by atomic mass is 9.38. The van der Waals surface area contributed by atoms with Crippen molar-refractivity contribution in [1.29, 1.82) is 0 Å². The van der Waals surface area contributed by atoms with Crippen LogP contribution in [0.3, 0.4) is 0 Å². The summed E-state index contributed by atoms with van der Waals surface area (Å²) in [5.74, 6) is 1.57. The van der Waals surface area contributed by atoms with Gasteiger partial charge in [-0.1, -0.05) is 63.6 Å². The molecule has 4 saturated carbocycles. The van der Waals surface area contributed by atoms with E-state index in [9.17, 15) is 14.7 Å². The lowest BCUT2D eigenvalue weighted by molar-refractivity contribution is -0.171. The molecule has 10 atom stereocenters. The van der Waals surface area contributed by atoms with Gasteiger partial charge in [0.1, 0.15) is 6.61 Å². The largest absolute Gasteiger partial charge is 0.460 e. The Morgan fingerprint density at radius 3 is 2.29 bits per heavy atom. The monoisotopic (exact) mass is 564 g/mol. The Kier molecular flexibility index (Phi) is 8.13.